The molecule has 2 aromatic rings. The number of amides is 2. The van der Waals surface area contributed by atoms with Crippen LogP contribution in [-0.2, 0) is 9.59 Å². The highest BCUT2D eigenvalue weighted by Gasteiger charge is 2.34. The first-order valence-electron chi connectivity index (χ1n) is 10.6. The number of hydrogen-bond acceptors (Lipinski definition) is 4. The topological polar surface area (TPSA) is 81.1 Å². The van der Waals surface area contributed by atoms with E-state index in [1.165, 1.54) is 0 Å². The number of rotatable bonds is 8. The summed E-state index contributed by atoms with van der Waals surface area (Å²) in [4.78, 5) is 29.5. The maximum absolute atomic E-state index is 13.1. The molecule has 0 heterocycles. The summed E-state index contributed by atoms with van der Waals surface area (Å²) in [6.45, 7) is 0.337. The van der Waals surface area contributed by atoms with E-state index in [2.05, 4.69) is 0 Å². The van der Waals surface area contributed by atoms with E-state index in [4.69, 9.17) is 0 Å². The zero-order valence-corrected chi connectivity index (χ0v) is 17.2. The molecule has 0 aliphatic heterocycles. The predicted molar refractivity (Wildman–Crippen MR) is 117 cm³/mol. The Bertz CT molecular complexity index is 735. The normalized spacial score (nSPS) is 18.6. The Labute approximate surface area is 177 Å². The van der Waals surface area contributed by atoms with Crippen molar-refractivity contribution < 1.29 is 19.8 Å². The van der Waals surface area contributed by atoms with Crippen LogP contribution in [0, 0.1) is 11.8 Å². The molecule has 1 aliphatic rings. The van der Waals surface area contributed by atoms with Crippen LogP contribution < -0.4 is 9.80 Å². The Balaban J connectivity index is 1.64. The first kappa shape index (κ1) is 22.0. The van der Waals surface area contributed by atoms with Crippen molar-refractivity contribution in [2.75, 3.05) is 36.1 Å². The van der Waals surface area contributed by atoms with Crippen molar-refractivity contribution in [3.05, 3.63) is 60.7 Å². The summed E-state index contributed by atoms with van der Waals surface area (Å²) in [5.74, 6) is -0.277. The number of aliphatic hydroxyl groups is 2. The Morgan fingerprint density at radius 3 is 1.30 bits per heavy atom. The molecule has 0 radical (unpaired) electrons. The maximum atomic E-state index is 13.1. The van der Waals surface area contributed by atoms with Gasteiger partial charge in [0.1, 0.15) is 0 Å². The van der Waals surface area contributed by atoms with Gasteiger partial charge in [-0.15, -0.1) is 0 Å². The lowest BCUT2D eigenvalue weighted by Gasteiger charge is -2.34. The number of para-hydroxylation sites is 2. The van der Waals surface area contributed by atoms with Crippen LogP contribution in [-0.4, -0.2) is 48.3 Å². The quantitative estimate of drug-likeness (QED) is 0.701. The molecule has 0 unspecified atom stereocenters. The molecule has 6 heteroatoms. The van der Waals surface area contributed by atoms with Gasteiger partial charge in [-0.1, -0.05) is 36.4 Å². The van der Waals surface area contributed by atoms with Crippen molar-refractivity contribution in [1.29, 1.82) is 0 Å². The SMILES string of the molecule is O=C(C1CCC(C(=O)N(CCO)c2ccccc2)CC1)N(CCO)c1ccccc1. The van der Waals surface area contributed by atoms with Gasteiger partial charge in [-0.25, -0.2) is 0 Å². The van der Waals surface area contributed by atoms with Crippen LogP contribution in [0.15, 0.2) is 60.7 Å². The number of nitrogens with zero attached hydrogens (tertiary/aromatic N) is 2. The maximum Gasteiger partial charge on any atom is 0.230 e. The molecule has 3 rings (SSSR count). The van der Waals surface area contributed by atoms with E-state index in [1.807, 2.05) is 60.7 Å². The molecule has 160 valence electrons. The monoisotopic (exact) mass is 410 g/mol. The van der Waals surface area contributed by atoms with Gasteiger partial charge >= 0.3 is 0 Å². The van der Waals surface area contributed by atoms with Gasteiger partial charge in [0.2, 0.25) is 11.8 Å². The standard InChI is InChI=1S/C24H30N2O4/c27-17-15-25(21-7-3-1-4-8-21)23(29)19-11-13-20(14-12-19)24(30)26(16-18-28)22-9-5-2-6-10-22/h1-10,19-20,27-28H,11-18H2. The summed E-state index contributed by atoms with van der Waals surface area (Å²) in [6.07, 6.45) is 2.58. The number of aliphatic hydroxyl groups excluding tert-OH is 2. The Morgan fingerprint density at radius 1 is 0.667 bits per heavy atom. The summed E-state index contributed by atoms with van der Waals surface area (Å²) in [5, 5.41) is 18.8. The second-order valence-electron chi connectivity index (χ2n) is 7.65. The lowest BCUT2D eigenvalue weighted by Crippen LogP contribution is -2.43. The lowest BCUT2D eigenvalue weighted by atomic mass is 9.80. The summed E-state index contributed by atoms with van der Waals surface area (Å²) in [6, 6.07) is 18.8. The van der Waals surface area contributed by atoms with Gasteiger partial charge in [-0.05, 0) is 49.9 Å². The lowest BCUT2D eigenvalue weighted by molar-refractivity contribution is -0.127. The van der Waals surface area contributed by atoms with Crippen LogP contribution >= 0.6 is 0 Å². The third kappa shape index (κ3) is 5.26. The average molecular weight is 411 g/mol. The molecule has 30 heavy (non-hydrogen) atoms. The minimum Gasteiger partial charge on any atom is -0.395 e. The van der Waals surface area contributed by atoms with Crippen molar-refractivity contribution in [3.8, 4) is 0 Å². The van der Waals surface area contributed by atoms with E-state index >= 15 is 0 Å². The third-order valence-electron chi connectivity index (χ3n) is 5.74. The van der Waals surface area contributed by atoms with E-state index in [9.17, 15) is 19.8 Å². The van der Waals surface area contributed by atoms with Crippen molar-refractivity contribution in [2.24, 2.45) is 11.8 Å². The van der Waals surface area contributed by atoms with Crippen LogP contribution in [0.3, 0.4) is 0 Å². The van der Waals surface area contributed by atoms with Crippen molar-refractivity contribution >= 4 is 23.2 Å². The first-order valence-corrected chi connectivity index (χ1v) is 10.6. The van der Waals surface area contributed by atoms with E-state index in [0.29, 0.717) is 25.7 Å². The van der Waals surface area contributed by atoms with Crippen LogP contribution in [0.25, 0.3) is 0 Å². The highest BCUT2D eigenvalue weighted by Crippen LogP contribution is 2.33. The summed E-state index contributed by atoms with van der Waals surface area (Å²) in [7, 11) is 0. The molecule has 0 spiro atoms. The minimum atomic E-state index is -0.149. The minimum absolute atomic E-state index is 0.0106. The number of carbonyl (C=O) groups is 2. The molecule has 1 fully saturated rings. The summed E-state index contributed by atoms with van der Waals surface area (Å²) in [5.41, 5.74) is 1.57. The second kappa shape index (κ2) is 10.9. The number of hydrogen-bond donors (Lipinski definition) is 2. The predicted octanol–water partition coefficient (Wildman–Crippen LogP) is 2.84. The molecule has 0 aromatic heterocycles. The fourth-order valence-corrected chi connectivity index (χ4v) is 4.18. The zero-order chi connectivity index (χ0) is 21.3. The number of carbonyl (C=O) groups excluding carboxylic acids is 2. The van der Waals surface area contributed by atoms with Gasteiger partial charge in [-0.3, -0.25) is 9.59 Å². The Morgan fingerprint density at radius 2 is 1.00 bits per heavy atom. The van der Waals surface area contributed by atoms with Gasteiger partial charge in [-0.2, -0.15) is 0 Å². The summed E-state index contributed by atoms with van der Waals surface area (Å²) >= 11 is 0. The highest BCUT2D eigenvalue weighted by molar-refractivity contribution is 5.97. The highest BCUT2D eigenvalue weighted by atomic mass is 16.3. The van der Waals surface area contributed by atoms with Crippen LogP contribution in [0.1, 0.15) is 25.7 Å². The molecular weight excluding hydrogens is 380 g/mol. The van der Waals surface area contributed by atoms with Gasteiger partial charge in [0.05, 0.1) is 13.2 Å². The number of benzene rings is 2. The molecule has 2 amide bonds. The number of anilines is 2. The van der Waals surface area contributed by atoms with Crippen LogP contribution in [0.5, 0.6) is 0 Å². The molecule has 0 saturated heterocycles. The Kier molecular flexibility index (Phi) is 7.99. The molecule has 6 nitrogen and oxygen atoms in total. The van der Waals surface area contributed by atoms with E-state index in [0.717, 1.165) is 11.4 Å². The van der Waals surface area contributed by atoms with Crippen molar-refractivity contribution in [1.82, 2.24) is 0 Å². The van der Waals surface area contributed by atoms with E-state index in [-0.39, 0.29) is 50.0 Å². The van der Waals surface area contributed by atoms with Gasteiger partial charge in [0.15, 0.2) is 0 Å². The Hall–Kier alpha value is -2.70. The van der Waals surface area contributed by atoms with Gasteiger partial charge < -0.3 is 20.0 Å². The molecule has 0 atom stereocenters. The van der Waals surface area contributed by atoms with Crippen LogP contribution in [0.4, 0.5) is 11.4 Å². The second-order valence-corrected chi connectivity index (χ2v) is 7.65. The van der Waals surface area contributed by atoms with Crippen molar-refractivity contribution in [3.63, 3.8) is 0 Å². The molecular formula is C24H30N2O4. The molecule has 2 aromatic carbocycles. The molecule has 0 bridgehead atoms. The fraction of sp³-hybridized carbons (Fsp3) is 0.417. The summed E-state index contributed by atoms with van der Waals surface area (Å²) < 4.78 is 0. The van der Waals surface area contributed by atoms with Gasteiger partial charge in [0.25, 0.3) is 0 Å². The third-order valence-corrected chi connectivity index (χ3v) is 5.74. The molecule has 1 saturated carbocycles. The zero-order valence-electron chi connectivity index (χ0n) is 17.2. The first-order chi connectivity index (χ1) is 14.7. The fourth-order valence-electron chi connectivity index (χ4n) is 4.18. The largest absolute Gasteiger partial charge is 0.395 e. The smallest absolute Gasteiger partial charge is 0.230 e. The molecule has 1 aliphatic carbocycles. The molecule has 2 N–H and O–H groups in total. The van der Waals surface area contributed by atoms with E-state index < -0.39 is 0 Å². The van der Waals surface area contributed by atoms with Crippen molar-refractivity contribution in [2.45, 2.75) is 25.7 Å². The van der Waals surface area contributed by atoms with Crippen LogP contribution in [0.2, 0.25) is 0 Å². The van der Waals surface area contributed by atoms with E-state index in [1.54, 1.807) is 9.80 Å². The van der Waals surface area contributed by atoms with Gasteiger partial charge in [0, 0.05) is 36.3 Å². The average Bonchev–Trinajstić information content (AvgIpc) is 2.81.